The molecule has 0 aromatic heterocycles. The van der Waals surface area contributed by atoms with Crippen molar-refractivity contribution in [3.05, 3.63) is 29.3 Å². The van der Waals surface area contributed by atoms with Crippen LogP contribution in [0.25, 0.3) is 0 Å². The zero-order valence-electron chi connectivity index (χ0n) is 9.18. The van der Waals surface area contributed by atoms with E-state index in [0.717, 1.165) is 11.1 Å². The molecule has 0 aliphatic carbocycles. The van der Waals surface area contributed by atoms with Crippen LogP contribution in [-0.2, 0) is 10.1 Å². The number of aryl methyl sites for hydroxylation is 1. The lowest BCUT2D eigenvalue weighted by atomic mass is 10.1. The Hall–Kier alpha value is -0.750. The van der Waals surface area contributed by atoms with Crippen LogP contribution in [-0.4, -0.2) is 19.6 Å². The molecule has 0 aliphatic rings. The molecule has 0 bridgehead atoms. The summed E-state index contributed by atoms with van der Waals surface area (Å²) in [6.07, 6.45) is -4.60. The summed E-state index contributed by atoms with van der Waals surface area (Å²) < 4.78 is 43.9. The molecule has 0 heterocycles. The quantitative estimate of drug-likeness (QED) is 0.608. The predicted molar refractivity (Wildman–Crippen MR) is 61.3 cm³/mol. The number of hydrogen-bond acceptors (Lipinski definition) is 2. The highest BCUT2D eigenvalue weighted by atomic mass is 79.9. The second kappa shape index (κ2) is 6.26. The molecule has 1 aromatic rings. The van der Waals surface area contributed by atoms with E-state index in [9.17, 15) is 13.2 Å². The molecule has 17 heavy (non-hydrogen) atoms. The van der Waals surface area contributed by atoms with Crippen molar-refractivity contribution in [3.8, 4) is 5.75 Å². The molecule has 0 saturated heterocycles. The van der Waals surface area contributed by atoms with Crippen LogP contribution in [0.15, 0.2) is 18.2 Å². The number of hydrogen-bond donors (Lipinski definition) is 0. The number of ether oxygens (including phenoxy) is 2. The largest absolute Gasteiger partial charge is 0.522 e. The van der Waals surface area contributed by atoms with E-state index in [1.165, 1.54) is 0 Å². The second-order valence-electron chi connectivity index (χ2n) is 3.39. The molecule has 0 amide bonds. The van der Waals surface area contributed by atoms with Crippen molar-refractivity contribution in [2.45, 2.75) is 18.6 Å². The van der Waals surface area contributed by atoms with E-state index in [-0.39, 0.29) is 6.61 Å². The third-order valence-electron chi connectivity index (χ3n) is 1.97. The van der Waals surface area contributed by atoms with E-state index in [2.05, 4.69) is 20.7 Å². The summed E-state index contributed by atoms with van der Waals surface area (Å²) >= 11 is 3.29. The van der Waals surface area contributed by atoms with Crippen LogP contribution in [0.3, 0.4) is 0 Å². The molecule has 0 unspecified atom stereocenters. The molecule has 6 heteroatoms. The van der Waals surface area contributed by atoms with Gasteiger partial charge in [0.2, 0.25) is 0 Å². The Morgan fingerprint density at radius 1 is 1.24 bits per heavy atom. The average molecular weight is 313 g/mol. The Kier molecular flexibility index (Phi) is 5.27. The molecule has 0 radical (unpaired) electrons. The van der Waals surface area contributed by atoms with Gasteiger partial charge in [0.15, 0.2) is 0 Å². The van der Waals surface area contributed by atoms with E-state index in [1.807, 2.05) is 19.1 Å². The van der Waals surface area contributed by atoms with E-state index in [1.54, 1.807) is 6.07 Å². The van der Waals surface area contributed by atoms with Gasteiger partial charge < -0.3 is 4.74 Å². The fraction of sp³-hybridized carbons (Fsp3) is 0.455. The smallest absolute Gasteiger partial charge is 0.491 e. The van der Waals surface area contributed by atoms with Crippen molar-refractivity contribution in [2.75, 3.05) is 13.2 Å². The summed E-state index contributed by atoms with van der Waals surface area (Å²) in [6.45, 7) is 1.28. The third-order valence-corrected chi connectivity index (χ3v) is 2.57. The van der Waals surface area contributed by atoms with Crippen LogP contribution in [0.1, 0.15) is 11.1 Å². The van der Waals surface area contributed by atoms with Crippen molar-refractivity contribution in [1.29, 1.82) is 0 Å². The zero-order valence-corrected chi connectivity index (χ0v) is 10.8. The minimum absolute atomic E-state index is 0.136. The lowest BCUT2D eigenvalue weighted by Gasteiger charge is -2.12. The highest BCUT2D eigenvalue weighted by Gasteiger charge is 2.28. The summed E-state index contributed by atoms with van der Waals surface area (Å²) in [4.78, 5) is 0. The van der Waals surface area contributed by atoms with E-state index < -0.39 is 13.0 Å². The molecule has 0 fully saturated rings. The van der Waals surface area contributed by atoms with Gasteiger partial charge in [0, 0.05) is 10.9 Å². The number of halogens is 4. The monoisotopic (exact) mass is 312 g/mol. The molecule has 0 atom stereocenters. The van der Waals surface area contributed by atoms with E-state index in [4.69, 9.17) is 4.74 Å². The minimum atomic E-state index is -4.60. The maximum atomic E-state index is 11.7. The molecule has 1 rings (SSSR count). The first kappa shape index (κ1) is 14.3. The highest BCUT2D eigenvalue weighted by molar-refractivity contribution is 9.08. The number of rotatable bonds is 5. The maximum absolute atomic E-state index is 11.7. The van der Waals surface area contributed by atoms with Gasteiger partial charge in [-0.25, -0.2) is 0 Å². The predicted octanol–water partition coefficient (Wildman–Crippen LogP) is 3.81. The minimum Gasteiger partial charge on any atom is -0.491 e. The second-order valence-corrected chi connectivity index (χ2v) is 3.95. The molecular weight excluding hydrogens is 301 g/mol. The van der Waals surface area contributed by atoms with Crippen molar-refractivity contribution in [2.24, 2.45) is 0 Å². The molecule has 0 N–H and O–H groups in total. The maximum Gasteiger partial charge on any atom is 0.522 e. The summed E-state index contributed by atoms with van der Waals surface area (Å²) in [7, 11) is 0. The van der Waals surface area contributed by atoms with Gasteiger partial charge in [-0.05, 0) is 13.0 Å². The van der Waals surface area contributed by atoms with E-state index >= 15 is 0 Å². The van der Waals surface area contributed by atoms with E-state index in [0.29, 0.717) is 11.1 Å². The van der Waals surface area contributed by atoms with Gasteiger partial charge in [-0.3, -0.25) is 4.74 Å². The summed E-state index contributed by atoms with van der Waals surface area (Å²) in [5, 5.41) is 0.587. The van der Waals surface area contributed by atoms with Crippen LogP contribution in [0.4, 0.5) is 13.2 Å². The molecule has 0 spiro atoms. The lowest BCUT2D eigenvalue weighted by Crippen LogP contribution is -2.18. The standard InChI is InChI=1S/C11H12BrF3O2/c1-8-2-3-10(9(6-8)7-12)16-4-5-17-11(13,14)15/h2-3,6H,4-5,7H2,1H3. The fourth-order valence-corrected chi connectivity index (χ4v) is 1.70. The molecule has 0 aliphatic heterocycles. The van der Waals surface area contributed by atoms with Gasteiger partial charge in [-0.1, -0.05) is 33.6 Å². The zero-order chi connectivity index (χ0) is 12.9. The molecular formula is C11H12BrF3O2. The summed E-state index contributed by atoms with van der Waals surface area (Å²) in [6, 6.07) is 5.49. The Balaban J connectivity index is 2.46. The van der Waals surface area contributed by atoms with Crippen LogP contribution in [0, 0.1) is 6.92 Å². The van der Waals surface area contributed by atoms with Gasteiger partial charge in [0.05, 0.1) is 6.61 Å². The first-order valence-corrected chi connectivity index (χ1v) is 6.03. The SMILES string of the molecule is Cc1ccc(OCCOC(F)(F)F)c(CBr)c1. The van der Waals surface area contributed by atoms with Crippen molar-refractivity contribution >= 4 is 15.9 Å². The number of alkyl halides is 4. The highest BCUT2D eigenvalue weighted by Crippen LogP contribution is 2.22. The Morgan fingerprint density at radius 3 is 2.53 bits per heavy atom. The fourth-order valence-electron chi connectivity index (χ4n) is 1.26. The molecule has 2 nitrogen and oxygen atoms in total. The van der Waals surface area contributed by atoms with Crippen molar-refractivity contribution in [1.82, 2.24) is 0 Å². The molecule has 1 aromatic carbocycles. The first-order valence-electron chi connectivity index (χ1n) is 4.91. The lowest BCUT2D eigenvalue weighted by molar-refractivity contribution is -0.325. The average Bonchev–Trinajstić information content (AvgIpc) is 2.24. The molecule has 0 saturated carbocycles. The Bertz CT molecular complexity index is 366. The first-order chi connectivity index (χ1) is 7.92. The normalized spacial score (nSPS) is 11.6. The molecule has 96 valence electrons. The van der Waals surface area contributed by atoms with Gasteiger partial charge >= 0.3 is 6.36 Å². The Morgan fingerprint density at radius 2 is 1.94 bits per heavy atom. The third kappa shape index (κ3) is 5.41. The number of benzene rings is 1. The van der Waals surface area contributed by atoms with Gasteiger partial charge in [0.1, 0.15) is 12.4 Å². The van der Waals surface area contributed by atoms with Crippen molar-refractivity contribution < 1.29 is 22.6 Å². The topological polar surface area (TPSA) is 18.5 Å². The summed E-state index contributed by atoms with van der Waals surface area (Å²) in [5.74, 6) is 0.568. The van der Waals surface area contributed by atoms with Gasteiger partial charge in [-0.15, -0.1) is 13.2 Å². The summed E-state index contributed by atoms with van der Waals surface area (Å²) in [5.41, 5.74) is 1.97. The van der Waals surface area contributed by atoms with Crippen LogP contribution < -0.4 is 4.74 Å². The van der Waals surface area contributed by atoms with Gasteiger partial charge in [-0.2, -0.15) is 0 Å². The van der Waals surface area contributed by atoms with Crippen molar-refractivity contribution in [3.63, 3.8) is 0 Å². The van der Waals surface area contributed by atoms with Crippen LogP contribution >= 0.6 is 15.9 Å². The Labute approximate surface area is 106 Å². The van der Waals surface area contributed by atoms with Crippen LogP contribution in [0.2, 0.25) is 0 Å². The van der Waals surface area contributed by atoms with Crippen LogP contribution in [0.5, 0.6) is 5.75 Å². The van der Waals surface area contributed by atoms with Gasteiger partial charge in [0.25, 0.3) is 0 Å².